The number of halogens is 3. The molecule has 1 rings (SSSR count). The number of nitrogens with one attached hydrogen (secondary N) is 1. The van der Waals surface area contributed by atoms with Crippen molar-refractivity contribution in [2.75, 3.05) is 13.1 Å². The number of alkyl halides is 3. The maximum atomic E-state index is 12.2. The van der Waals surface area contributed by atoms with Gasteiger partial charge in [0.15, 0.2) is 0 Å². The zero-order valence-corrected chi connectivity index (χ0v) is 9.67. The Hall–Kier alpha value is -1.27. The van der Waals surface area contributed by atoms with Crippen LogP contribution >= 0.6 is 0 Å². The first-order valence-corrected chi connectivity index (χ1v) is 5.36. The highest BCUT2D eigenvalue weighted by atomic mass is 19.4. The predicted molar refractivity (Wildman–Crippen MR) is 54.1 cm³/mol. The second-order valence-corrected chi connectivity index (χ2v) is 4.55. The van der Waals surface area contributed by atoms with E-state index in [1.807, 2.05) is 13.8 Å². The molecule has 1 unspecified atom stereocenters. The fourth-order valence-electron chi connectivity index (χ4n) is 1.80. The Morgan fingerprint density at radius 1 is 1.41 bits per heavy atom. The van der Waals surface area contributed by atoms with Crippen molar-refractivity contribution in [1.82, 2.24) is 10.2 Å². The number of carbonyl (C=O) groups excluding carboxylic acids is 2. The Bertz CT molecular complexity index is 315. The summed E-state index contributed by atoms with van der Waals surface area (Å²) in [5.41, 5.74) is 0. The third-order valence-corrected chi connectivity index (χ3v) is 2.45. The molecule has 0 radical (unpaired) electrons. The number of urea groups is 1. The molecule has 1 heterocycles. The summed E-state index contributed by atoms with van der Waals surface area (Å²) in [6.45, 7) is 2.34. The lowest BCUT2D eigenvalue weighted by molar-refractivity contribution is -0.159. The topological polar surface area (TPSA) is 49.4 Å². The number of carbonyl (C=O) groups is 2. The van der Waals surface area contributed by atoms with Gasteiger partial charge in [-0.05, 0) is 12.3 Å². The summed E-state index contributed by atoms with van der Waals surface area (Å²) in [6.07, 6.45) is -4.10. The van der Waals surface area contributed by atoms with Gasteiger partial charge in [-0.1, -0.05) is 13.8 Å². The van der Waals surface area contributed by atoms with Crippen LogP contribution in [0.4, 0.5) is 18.0 Å². The van der Waals surface area contributed by atoms with E-state index < -0.39 is 30.6 Å². The van der Waals surface area contributed by atoms with Crippen molar-refractivity contribution in [3.05, 3.63) is 0 Å². The number of amides is 3. The molecular weight excluding hydrogens is 237 g/mol. The molecule has 1 aliphatic rings. The summed E-state index contributed by atoms with van der Waals surface area (Å²) < 4.78 is 36.6. The lowest BCUT2D eigenvalue weighted by Crippen LogP contribution is -2.57. The molecular formula is C10H15F3N2O2. The van der Waals surface area contributed by atoms with Crippen molar-refractivity contribution in [2.45, 2.75) is 26.4 Å². The van der Waals surface area contributed by atoms with E-state index in [2.05, 4.69) is 5.32 Å². The molecule has 1 aliphatic heterocycles. The maximum Gasteiger partial charge on any atom is 0.406 e. The van der Waals surface area contributed by atoms with E-state index in [0.29, 0.717) is 6.42 Å². The van der Waals surface area contributed by atoms with Gasteiger partial charge >= 0.3 is 12.2 Å². The normalized spacial score (nSPS) is 22.0. The molecule has 0 aliphatic carbocycles. The average molecular weight is 252 g/mol. The molecule has 4 nitrogen and oxygen atoms in total. The Morgan fingerprint density at radius 2 is 2.00 bits per heavy atom. The minimum atomic E-state index is -4.56. The number of hydrogen-bond donors (Lipinski definition) is 1. The smallest absolute Gasteiger partial charge is 0.337 e. The molecule has 0 saturated carbocycles. The van der Waals surface area contributed by atoms with Crippen LogP contribution in [0.25, 0.3) is 0 Å². The van der Waals surface area contributed by atoms with Crippen LogP contribution in [0.5, 0.6) is 0 Å². The molecule has 0 aromatic carbocycles. The first-order chi connectivity index (χ1) is 7.70. The fraction of sp³-hybridized carbons (Fsp3) is 0.800. The Kier molecular flexibility index (Phi) is 4.00. The van der Waals surface area contributed by atoms with E-state index in [-0.39, 0.29) is 17.4 Å². The van der Waals surface area contributed by atoms with Crippen molar-refractivity contribution in [1.29, 1.82) is 0 Å². The van der Waals surface area contributed by atoms with Crippen molar-refractivity contribution >= 4 is 11.9 Å². The van der Waals surface area contributed by atoms with Crippen LogP contribution in [0.2, 0.25) is 0 Å². The van der Waals surface area contributed by atoms with Crippen molar-refractivity contribution in [3.8, 4) is 0 Å². The van der Waals surface area contributed by atoms with Gasteiger partial charge in [0.1, 0.15) is 6.54 Å². The van der Waals surface area contributed by atoms with Gasteiger partial charge in [-0.15, -0.1) is 0 Å². The van der Waals surface area contributed by atoms with E-state index in [4.69, 9.17) is 0 Å². The highest BCUT2D eigenvalue weighted by molar-refractivity contribution is 5.98. The highest BCUT2D eigenvalue weighted by Crippen LogP contribution is 2.22. The zero-order chi connectivity index (χ0) is 13.2. The Balaban J connectivity index is 2.73. The lowest BCUT2D eigenvalue weighted by atomic mass is 9.94. The molecule has 1 fully saturated rings. The molecule has 0 aromatic heterocycles. The quantitative estimate of drug-likeness (QED) is 0.832. The van der Waals surface area contributed by atoms with E-state index in [1.54, 1.807) is 0 Å². The summed E-state index contributed by atoms with van der Waals surface area (Å²) in [5, 5.41) is 2.31. The van der Waals surface area contributed by atoms with Crippen molar-refractivity contribution < 1.29 is 22.8 Å². The molecule has 0 spiro atoms. The number of nitrogens with zero attached hydrogens (tertiary/aromatic N) is 1. The number of rotatable bonds is 3. The van der Waals surface area contributed by atoms with E-state index >= 15 is 0 Å². The first kappa shape index (κ1) is 13.8. The number of imide groups is 1. The summed E-state index contributed by atoms with van der Waals surface area (Å²) in [7, 11) is 0. The van der Waals surface area contributed by atoms with Crippen LogP contribution < -0.4 is 5.32 Å². The molecule has 98 valence electrons. The SMILES string of the molecule is CC(C)CC1CNC(=O)N(CC(F)(F)F)C1=O. The summed E-state index contributed by atoms with van der Waals surface area (Å²) in [6, 6.07) is -0.965. The molecule has 3 amide bonds. The zero-order valence-electron chi connectivity index (χ0n) is 9.67. The first-order valence-electron chi connectivity index (χ1n) is 5.36. The fourth-order valence-corrected chi connectivity index (χ4v) is 1.80. The summed E-state index contributed by atoms with van der Waals surface area (Å²) >= 11 is 0. The molecule has 0 aromatic rings. The standard InChI is InChI=1S/C10H15F3N2O2/c1-6(2)3-7-4-14-9(17)15(8(7)16)5-10(11,12)13/h6-7H,3-5H2,1-2H3,(H,14,17). The van der Waals surface area contributed by atoms with Crippen LogP contribution in [-0.4, -0.2) is 36.1 Å². The minimum absolute atomic E-state index is 0.115. The van der Waals surface area contributed by atoms with E-state index in [9.17, 15) is 22.8 Å². The van der Waals surface area contributed by atoms with Crippen molar-refractivity contribution in [3.63, 3.8) is 0 Å². The van der Waals surface area contributed by atoms with Crippen LogP contribution in [0.3, 0.4) is 0 Å². The second-order valence-electron chi connectivity index (χ2n) is 4.55. The molecule has 0 bridgehead atoms. The number of hydrogen-bond acceptors (Lipinski definition) is 2. The minimum Gasteiger partial charge on any atom is -0.337 e. The lowest BCUT2D eigenvalue weighted by Gasteiger charge is -2.32. The largest absolute Gasteiger partial charge is 0.406 e. The average Bonchev–Trinajstić information content (AvgIpc) is 2.15. The van der Waals surface area contributed by atoms with Gasteiger partial charge in [0.2, 0.25) is 5.91 Å². The van der Waals surface area contributed by atoms with Gasteiger partial charge < -0.3 is 5.32 Å². The maximum absolute atomic E-state index is 12.2. The van der Waals surface area contributed by atoms with E-state index in [0.717, 1.165) is 0 Å². The van der Waals surface area contributed by atoms with Gasteiger partial charge in [-0.3, -0.25) is 9.69 Å². The molecule has 1 N–H and O–H groups in total. The van der Waals surface area contributed by atoms with Gasteiger partial charge in [-0.2, -0.15) is 13.2 Å². The Labute approximate surface area is 97.1 Å². The van der Waals surface area contributed by atoms with Gasteiger partial charge in [0.05, 0.1) is 5.92 Å². The molecule has 1 saturated heterocycles. The highest BCUT2D eigenvalue weighted by Gasteiger charge is 2.41. The summed E-state index contributed by atoms with van der Waals surface area (Å²) in [4.78, 5) is 23.2. The molecule has 7 heteroatoms. The van der Waals surface area contributed by atoms with Crippen LogP contribution in [0.1, 0.15) is 20.3 Å². The Morgan fingerprint density at radius 3 is 2.47 bits per heavy atom. The molecule has 1 atom stereocenters. The third kappa shape index (κ3) is 3.90. The van der Waals surface area contributed by atoms with Crippen LogP contribution in [-0.2, 0) is 4.79 Å². The van der Waals surface area contributed by atoms with E-state index in [1.165, 1.54) is 0 Å². The molecule has 17 heavy (non-hydrogen) atoms. The second kappa shape index (κ2) is 4.93. The van der Waals surface area contributed by atoms with Gasteiger partial charge in [0.25, 0.3) is 0 Å². The predicted octanol–water partition coefficient (Wildman–Crippen LogP) is 1.76. The third-order valence-electron chi connectivity index (χ3n) is 2.45. The van der Waals surface area contributed by atoms with Crippen LogP contribution in [0.15, 0.2) is 0 Å². The van der Waals surface area contributed by atoms with Crippen LogP contribution in [0, 0.1) is 11.8 Å². The monoisotopic (exact) mass is 252 g/mol. The van der Waals surface area contributed by atoms with Gasteiger partial charge in [0, 0.05) is 6.54 Å². The van der Waals surface area contributed by atoms with Gasteiger partial charge in [-0.25, -0.2) is 4.79 Å². The summed E-state index contributed by atoms with van der Waals surface area (Å²) in [5.74, 6) is -1.11. The van der Waals surface area contributed by atoms with Crippen molar-refractivity contribution in [2.24, 2.45) is 11.8 Å².